The third-order valence-electron chi connectivity index (χ3n) is 1.93. The predicted octanol–water partition coefficient (Wildman–Crippen LogP) is 4.96. The number of hydrogen-bond donors (Lipinski definition) is 0. The molecule has 0 fully saturated rings. The summed E-state index contributed by atoms with van der Waals surface area (Å²) in [6.07, 6.45) is 1.60. The molecule has 0 amide bonds. The number of alkyl halides is 1. The van der Waals surface area contributed by atoms with Crippen molar-refractivity contribution >= 4 is 43.5 Å². The Labute approximate surface area is 105 Å². The van der Waals surface area contributed by atoms with Gasteiger partial charge in [-0.1, -0.05) is 40.5 Å². The Bertz CT molecular complexity index is 326. The zero-order valence-electron chi connectivity index (χ0n) is 7.66. The Morgan fingerprint density at radius 2 is 2.14 bits per heavy atom. The molecule has 0 aliphatic heterocycles. The van der Waals surface area contributed by atoms with Crippen LogP contribution < -0.4 is 0 Å². The summed E-state index contributed by atoms with van der Waals surface area (Å²) in [6.45, 7) is 2.04. The Morgan fingerprint density at radius 1 is 1.50 bits per heavy atom. The summed E-state index contributed by atoms with van der Waals surface area (Å²) in [5.74, 6) is -0.311. The molecular formula is C10H10Br2ClF. The SMILES string of the molecule is CC(Br)CCc1ccc(Br)c(Cl)c1F. The second kappa shape index (κ2) is 5.47. The molecule has 0 spiro atoms. The van der Waals surface area contributed by atoms with E-state index >= 15 is 0 Å². The first-order valence-electron chi connectivity index (χ1n) is 4.29. The second-order valence-electron chi connectivity index (χ2n) is 3.15. The topological polar surface area (TPSA) is 0 Å². The minimum atomic E-state index is -0.311. The average Bonchev–Trinajstić information content (AvgIpc) is 2.13. The van der Waals surface area contributed by atoms with Crippen molar-refractivity contribution in [2.45, 2.75) is 24.6 Å². The van der Waals surface area contributed by atoms with E-state index in [0.29, 0.717) is 21.3 Å². The van der Waals surface area contributed by atoms with Crippen LogP contribution in [0.15, 0.2) is 16.6 Å². The molecule has 0 aliphatic carbocycles. The van der Waals surface area contributed by atoms with Crippen molar-refractivity contribution < 1.29 is 4.39 Å². The minimum Gasteiger partial charge on any atom is -0.205 e. The van der Waals surface area contributed by atoms with Crippen LogP contribution in [-0.4, -0.2) is 4.83 Å². The van der Waals surface area contributed by atoms with E-state index in [1.807, 2.05) is 6.92 Å². The van der Waals surface area contributed by atoms with Gasteiger partial charge in [0.05, 0.1) is 5.02 Å². The van der Waals surface area contributed by atoms with Crippen LogP contribution in [0.5, 0.6) is 0 Å². The maximum absolute atomic E-state index is 13.5. The van der Waals surface area contributed by atoms with Crippen LogP contribution in [0.3, 0.4) is 0 Å². The minimum absolute atomic E-state index is 0.171. The molecule has 78 valence electrons. The molecular weight excluding hydrogens is 334 g/mol. The van der Waals surface area contributed by atoms with Crippen molar-refractivity contribution in [1.82, 2.24) is 0 Å². The van der Waals surface area contributed by atoms with Crippen LogP contribution in [0.1, 0.15) is 18.9 Å². The van der Waals surface area contributed by atoms with Gasteiger partial charge < -0.3 is 0 Å². The average molecular weight is 344 g/mol. The van der Waals surface area contributed by atoms with Crippen LogP contribution in [0, 0.1) is 5.82 Å². The highest BCUT2D eigenvalue weighted by atomic mass is 79.9. The van der Waals surface area contributed by atoms with Gasteiger partial charge in [0.2, 0.25) is 0 Å². The Hall–Kier alpha value is 0.400. The third-order valence-corrected chi connectivity index (χ3v) is 3.64. The fourth-order valence-corrected chi connectivity index (χ4v) is 1.83. The van der Waals surface area contributed by atoms with Gasteiger partial charge in [-0.15, -0.1) is 0 Å². The Kier molecular flexibility index (Phi) is 4.88. The van der Waals surface area contributed by atoms with Crippen molar-refractivity contribution in [2.75, 3.05) is 0 Å². The molecule has 1 atom stereocenters. The van der Waals surface area contributed by atoms with E-state index in [2.05, 4.69) is 31.9 Å². The molecule has 0 aliphatic rings. The molecule has 0 nitrogen and oxygen atoms in total. The van der Waals surface area contributed by atoms with E-state index < -0.39 is 0 Å². The number of rotatable bonds is 3. The second-order valence-corrected chi connectivity index (χ2v) is 5.95. The molecule has 4 heteroatoms. The summed E-state index contributed by atoms with van der Waals surface area (Å²) in [5, 5.41) is 0.171. The van der Waals surface area contributed by atoms with Gasteiger partial charge in [0, 0.05) is 9.30 Å². The lowest BCUT2D eigenvalue weighted by Gasteiger charge is -2.07. The summed E-state index contributed by atoms with van der Waals surface area (Å²) < 4.78 is 14.1. The molecule has 1 aromatic rings. The van der Waals surface area contributed by atoms with Gasteiger partial charge in [0.25, 0.3) is 0 Å². The van der Waals surface area contributed by atoms with Crippen LogP contribution >= 0.6 is 43.5 Å². The van der Waals surface area contributed by atoms with E-state index in [9.17, 15) is 4.39 Å². The van der Waals surface area contributed by atoms with Crippen LogP contribution in [0.25, 0.3) is 0 Å². The van der Waals surface area contributed by atoms with Gasteiger partial charge in [-0.05, 0) is 40.4 Å². The molecule has 1 rings (SSSR count). The summed E-state index contributed by atoms with van der Waals surface area (Å²) in [4.78, 5) is 0.393. The van der Waals surface area contributed by atoms with Crippen LogP contribution in [0.4, 0.5) is 4.39 Å². The van der Waals surface area contributed by atoms with Gasteiger partial charge in [-0.25, -0.2) is 4.39 Å². The quantitative estimate of drug-likeness (QED) is 0.537. The molecule has 0 aromatic heterocycles. The molecule has 14 heavy (non-hydrogen) atoms. The predicted molar refractivity (Wildman–Crippen MR) is 65.8 cm³/mol. The highest BCUT2D eigenvalue weighted by molar-refractivity contribution is 9.10. The Balaban J connectivity index is 2.83. The van der Waals surface area contributed by atoms with Gasteiger partial charge in [-0.3, -0.25) is 0 Å². The zero-order valence-corrected chi connectivity index (χ0v) is 11.6. The standard InChI is InChI=1S/C10H10Br2ClF/c1-6(11)2-3-7-4-5-8(12)9(13)10(7)14/h4-6H,2-3H2,1H3. The summed E-state index contributed by atoms with van der Waals surface area (Å²) in [7, 11) is 0. The molecule has 0 N–H and O–H groups in total. The molecule has 0 saturated heterocycles. The van der Waals surface area contributed by atoms with Crippen molar-refractivity contribution in [3.63, 3.8) is 0 Å². The third kappa shape index (κ3) is 3.21. The highest BCUT2D eigenvalue weighted by Gasteiger charge is 2.10. The fourth-order valence-electron chi connectivity index (χ4n) is 1.11. The molecule has 1 aromatic carbocycles. The summed E-state index contributed by atoms with van der Waals surface area (Å²) in [5.41, 5.74) is 0.671. The summed E-state index contributed by atoms with van der Waals surface area (Å²) in [6, 6.07) is 3.54. The van der Waals surface area contributed by atoms with Crippen LogP contribution in [-0.2, 0) is 6.42 Å². The lowest BCUT2D eigenvalue weighted by atomic mass is 10.1. The van der Waals surface area contributed by atoms with E-state index in [1.54, 1.807) is 12.1 Å². The lowest BCUT2D eigenvalue weighted by Crippen LogP contribution is -1.97. The largest absolute Gasteiger partial charge is 0.205 e. The first kappa shape index (κ1) is 12.5. The zero-order chi connectivity index (χ0) is 10.7. The number of benzene rings is 1. The van der Waals surface area contributed by atoms with E-state index in [-0.39, 0.29) is 10.8 Å². The fraction of sp³-hybridized carbons (Fsp3) is 0.400. The van der Waals surface area contributed by atoms with Crippen molar-refractivity contribution in [3.8, 4) is 0 Å². The monoisotopic (exact) mass is 342 g/mol. The maximum Gasteiger partial charge on any atom is 0.146 e. The van der Waals surface area contributed by atoms with Gasteiger partial charge in [0.1, 0.15) is 5.82 Å². The van der Waals surface area contributed by atoms with E-state index in [4.69, 9.17) is 11.6 Å². The number of aryl methyl sites for hydroxylation is 1. The first-order chi connectivity index (χ1) is 6.52. The number of hydrogen-bond acceptors (Lipinski definition) is 0. The van der Waals surface area contributed by atoms with Crippen molar-refractivity contribution in [2.24, 2.45) is 0 Å². The van der Waals surface area contributed by atoms with E-state index in [0.717, 1.165) is 6.42 Å². The van der Waals surface area contributed by atoms with Gasteiger partial charge in [0.15, 0.2) is 0 Å². The lowest BCUT2D eigenvalue weighted by molar-refractivity contribution is 0.604. The summed E-state index contributed by atoms with van der Waals surface area (Å²) >= 11 is 12.4. The van der Waals surface area contributed by atoms with Crippen molar-refractivity contribution in [3.05, 3.63) is 33.0 Å². The van der Waals surface area contributed by atoms with Gasteiger partial charge >= 0.3 is 0 Å². The smallest absolute Gasteiger partial charge is 0.146 e. The normalized spacial score (nSPS) is 12.9. The van der Waals surface area contributed by atoms with Crippen LogP contribution in [0.2, 0.25) is 5.02 Å². The Morgan fingerprint density at radius 3 is 2.71 bits per heavy atom. The van der Waals surface area contributed by atoms with Crippen molar-refractivity contribution in [1.29, 1.82) is 0 Å². The van der Waals surface area contributed by atoms with E-state index in [1.165, 1.54) is 0 Å². The van der Waals surface area contributed by atoms with Gasteiger partial charge in [-0.2, -0.15) is 0 Å². The first-order valence-corrected chi connectivity index (χ1v) is 6.37. The molecule has 0 heterocycles. The molecule has 0 bridgehead atoms. The maximum atomic E-state index is 13.5. The highest BCUT2D eigenvalue weighted by Crippen LogP contribution is 2.28. The molecule has 0 radical (unpaired) electrons. The number of halogens is 4. The molecule has 1 unspecified atom stereocenters. The molecule has 0 saturated carbocycles.